The van der Waals surface area contributed by atoms with Crippen LogP contribution in [0.3, 0.4) is 0 Å². The van der Waals surface area contributed by atoms with E-state index in [-0.39, 0.29) is 41.6 Å². The minimum Gasteiger partial charge on any atom is -0.508 e. The number of aromatic nitrogens is 3. The van der Waals surface area contributed by atoms with Crippen molar-refractivity contribution in [3.63, 3.8) is 0 Å². The van der Waals surface area contributed by atoms with Crippen molar-refractivity contribution in [1.82, 2.24) is 19.9 Å². The topological polar surface area (TPSA) is 117 Å². The van der Waals surface area contributed by atoms with Gasteiger partial charge in [0.1, 0.15) is 12.3 Å². The van der Waals surface area contributed by atoms with E-state index in [2.05, 4.69) is 15.6 Å². The number of phenolic OH excluding ortho intramolecular Hbond substituents is 1. The van der Waals surface area contributed by atoms with E-state index in [9.17, 15) is 19.5 Å². The summed E-state index contributed by atoms with van der Waals surface area (Å²) < 4.78 is 1.33. The van der Waals surface area contributed by atoms with Gasteiger partial charge in [0.05, 0.1) is 24.2 Å². The number of carbonyl (C=O) groups excluding carboxylic acids is 3. The molecule has 1 aromatic heterocycles. The van der Waals surface area contributed by atoms with Crippen LogP contribution in [0.15, 0.2) is 30.5 Å². The summed E-state index contributed by atoms with van der Waals surface area (Å²) in [5.41, 5.74) is 1.01. The third kappa shape index (κ3) is 3.54. The van der Waals surface area contributed by atoms with Crippen molar-refractivity contribution < 1.29 is 19.5 Å². The molecule has 1 aliphatic heterocycles. The first kappa shape index (κ1) is 16.0. The third-order valence-electron chi connectivity index (χ3n) is 3.30. The molecule has 124 valence electrons. The summed E-state index contributed by atoms with van der Waals surface area (Å²) in [7, 11) is 0. The van der Waals surface area contributed by atoms with Gasteiger partial charge in [-0.05, 0) is 24.3 Å². The fourth-order valence-corrected chi connectivity index (χ4v) is 2.84. The minimum atomic E-state index is -0.346. The van der Waals surface area contributed by atoms with E-state index in [0.29, 0.717) is 11.4 Å². The van der Waals surface area contributed by atoms with Gasteiger partial charge in [-0.15, -0.1) is 5.10 Å². The Morgan fingerprint density at radius 1 is 1.29 bits per heavy atom. The average Bonchev–Trinajstić information content (AvgIpc) is 3.11. The number of hydrogen-bond donors (Lipinski definition) is 2. The van der Waals surface area contributed by atoms with Crippen LogP contribution in [-0.2, 0) is 22.7 Å². The molecule has 0 radical (unpaired) electrons. The fraction of sp³-hybridized carbons (Fsp3) is 0.214. The number of amides is 3. The molecule has 0 saturated carbocycles. The first-order chi connectivity index (χ1) is 11.5. The van der Waals surface area contributed by atoms with Gasteiger partial charge in [0.25, 0.3) is 5.24 Å². The Labute approximate surface area is 140 Å². The highest BCUT2D eigenvalue weighted by atomic mass is 32.2. The number of phenols is 1. The molecule has 0 unspecified atom stereocenters. The molecular weight excluding hydrogens is 334 g/mol. The summed E-state index contributed by atoms with van der Waals surface area (Å²) in [6, 6.07) is 6.04. The van der Waals surface area contributed by atoms with Crippen LogP contribution in [-0.4, -0.2) is 47.8 Å². The quantitative estimate of drug-likeness (QED) is 0.769. The van der Waals surface area contributed by atoms with Crippen molar-refractivity contribution >= 4 is 34.5 Å². The highest BCUT2D eigenvalue weighted by Crippen LogP contribution is 2.21. The van der Waals surface area contributed by atoms with Crippen LogP contribution >= 0.6 is 11.8 Å². The van der Waals surface area contributed by atoms with Crippen molar-refractivity contribution in [3.8, 4) is 5.75 Å². The zero-order valence-corrected chi connectivity index (χ0v) is 13.2. The van der Waals surface area contributed by atoms with Gasteiger partial charge in [-0.1, -0.05) is 17.0 Å². The molecule has 0 atom stereocenters. The smallest absolute Gasteiger partial charge is 0.289 e. The lowest BCUT2D eigenvalue weighted by molar-refractivity contribution is -0.125. The van der Waals surface area contributed by atoms with Crippen LogP contribution in [0.4, 0.5) is 10.5 Å². The number of anilines is 1. The van der Waals surface area contributed by atoms with Crippen molar-refractivity contribution in [1.29, 1.82) is 0 Å². The molecule has 0 aliphatic carbocycles. The SMILES string of the molecule is O=C(Cn1nncc1CN1C(=O)CSC1=O)Nc1ccc(O)cc1. The summed E-state index contributed by atoms with van der Waals surface area (Å²) in [5, 5.41) is 19.1. The molecule has 24 heavy (non-hydrogen) atoms. The number of nitrogens with one attached hydrogen (secondary N) is 1. The van der Waals surface area contributed by atoms with E-state index in [1.165, 1.54) is 23.0 Å². The second kappa shape index (κ2) is 6.71. The van der Waals surface area contributed by atoms with Crippen molar-refractivity contribution in [2.75, 3.05) is 11.1 Å². The molecule has 1 aromatic carbocycles. The average molecular weight is 347 g/mol. The number of aromatic hydroxyl groups is 1. The van der Waals surface area contributed by atoms with Gasteiger partial charge < -0.3 is 10.4 Å². The van der Waals surface area contributed by atoms with Gasteiger partial charge >= 0.3 is 0 Å². The molecule has 1 saturated heterocycles. The monoisotopic (exact) mass is 347 g/mol. The van der Waals surface area contributed by atoms with Crippen LogP contribution in [0, 0.1) is 0 Å². The molecule has 3 amide bonds. The summed E-state index contributed by atoms with van der Waals surface area (Å²) >= 11 is 0.946. The third-order valence-corrected chi connectivity index (χ3v) is 4.16. The van der Waals surface area contributed by atoms with E-state index < -0.39 is 0 Å². The zero-order valence-electron chi connectivity index (χ0n) is 12.4. The predicted octanol–water partition coefficient (Wildman–Crippen LogP) is 0.818. The van der Waals surface area contributed by atoms with Crippen LogP contribution in [0.2, 0.25) is 0 Å². The molecular formula is C14H13N5O4S. The molecule has 2 heterocycles. The second-order valence-electron chi connectivity index (χ2n) is 5.01. The van der Waals surface area contributed by atoms with Crippen LogP contribution < -0.4 is 5.32 Å². The Bertz CT molecular complexity index is 773. The van der Waals surface area contributed by atoms with Crippen molar-refractivity contribution in [2.24, 2.45) is 0 Å². The molecule has 9 nitrogen and oxygen atoms in total. The summed E-state index contributed by atoms with van der Waals surface area (Å²) in [6.45, 7) is -0.0796. The fourth-order valence-electron chi connectivity index (χ4n) is 2.11. The number of thioether (sulfide) groups is 1. The Balaban J connectivity index is 1.64. The molecule has 2 N–H and O–H groups in total. The van der Waals surface area contributed by atoms with Gasteiger partial charge in [-0.3, -0.25) is 19.3 Å². The lowest BCUT2D eigenvalue weighted by Crippen LogP contribution is -2.30. The molecule has 0 spiro atoms. The predicted molar refractivity (Wildman–Crippen MR) is 85.2 cm³/mol. The lowest BCUT2D eigenvalue weighted by atomic mass is 10.3. The number of nitrogens with zero attached hydrogens (tertiary/aromatic N) is 4. The van der Waals surface area contributed by atoms with Crippen molar-refractivity contribution in [2.45, 2.75) is 13.1 Å². The lowest BCUT2D eigenvalue weighted by Gasteiger charge is -2.13. The number of carbonyl (C=O) groups is 3. The summed E-state index contributed by atoms with van der Waals surface area (Å²) in [6.07, 6.45) is 1.41. The summed E-state index contributed by atoms with van der Waals surface area (Å²) in [5.74, 6) is -0.390. The normalized spacial score (nSPS) is 14.2. The minimum absolute atomic E-state index is 0.0319. The molecule has 10 heteroatoms. The van der Waals surface area contributed by atoms with E-state index in [4.69, 9.17) is 0 Å². The van der Waals surface area contributed by atoms with E-state index in [1.807, 2.05) is 0 Å². The van der Waals surface area contributed by atoms with Crippen LogP contribution in [0.25, 0.3) is 0 Å². The number of imide groups is 1. The van der Waals surface area contributed by atoms with Gasteiger partial charge in [0.15, 0.2) is 0 Å². The Hall–Kier alpha value is -2.88. The van der Waals surface area contributed by atoms with Gasteiger partial charge in [0, 0.05) is 5.69 Å². The first-order valence-electron chi connectivity index (χ1n) is 6.96. The van der Waals surface area contributed by atoms with E-state index in [1.54, 1.807) is 12.1 Å². The largest absolute Gasteiger partial charge is 0.508 e. The maximum atomic E-state index is 12.1. The number of hydrogen-bond acceptors (Lipinski definition) is 7. The number of rotatable bonds is 5. The molecule has 1 aliphatic rings. The molecule has 1 fully saturated rings. The van der Waals surface area contributed by atoms with E-state index >= 15 is 0 Å². The standard InChI is InChI=1S/C14H13N5O4S/c20-11-3-1-9(2-4-11)16-12(21)7-19-10(5-15-17-19)6-18-13(22)8-24-14(18)23/h1-5,20H,6-8H2,(H,16,21). The Kier molecular flexibility index (Phi) is 4.47. The Morgan fingerprint density at radius 2 is 2.04 bits per heavy atom. The van der Waals surface area contributed by atoms with Crippen molar-refractivity contribution in [3.05, 3.63) is 36.2 Å². The maximum absolute atomic E-state index is 12.1. The molecule has 2 aromatic rings. The zero-order chi connectivity index (χ0) is 17.1. The van der Waals surface area contributed by atoms with Gasteiger partial charge in [-0.25, -0.2) is 4.68 Å². The maximum Gasteiger partial charge on any atom is 0.289 e. The number of benzene rings is 1. The summed E-state index contributed by atoms with van der Waals surface area (Å²) in [4.78, 5) is 36.5. The highest BCUT2D eigenvalue weighted by molar-refractivity contribution is 8.14. The first-order valence-corrected chi connectivity index (χ1v) is 7.95. The van der Waals surface area contributed by atoms with Gasteiger partial charge in [0.2, 0.25) is 11.8 Å². The Morgan fingerprint density at radius 3 is 2.71 bits per heavy atom. The molecule has 3 rings (SSSR count). The molecule has 0 bridgehead atoms. The highest BCUT2D eigenvalue weighted by Gasteiger charge is 2.30. The van der Waals surface area contributed by atoms with Crippen LogP contribution in [0.1, 0.15) is 5.69 Å². The van der Waals surface area contributed by atoms with Gasteiger partial charge in [-0.2, -0.15) is 0 Å². The second-order valence-corrected chi connectivity index (χ2v) is 5.94. The van der Waals surface area contributed by atoms with E-state index in [0.717, 1.165) is 16.7 Å². The van der Waals surface area contributed by atoms with Crippen LogP contribution in [0.5, 0.6) is 5.75 Å².